The van der Waals surface area contributed by atoms with Gasteiger partial charge in [-0.1, -0.05) is 0 Å². The number of H-pyrrole nitrogens is 1. The first kappa shape index (κ1) is 14.1. The van der Waals surface area contributed by atoms with Gasteiger partial charge in [0.05, 0.1) is 18.3 Å². The summed E-state index contributed by atoms with van der Waals surface area (Å²) in [5, 5.41) is 2.75. The van der Waals surface area contributed by atoms with E-state index < -0.39 is 0 Å². The molecule has 1 aliphatic heterocycles. The van der Waals surface area contributed by atoms with Crippen LogP contribution >= 0.6 is 0 Å². The Kier molecular flexibility index (Phi) is 3.67. The van der Waals surface area contributed by atoms with Gasteiger partial charge in [0.2, 0.25) is 5.91 Å². The van der Waals surface area contributed by atoms with E-state index in [4.69, 9.17) is 4.74 Å². The second kappa shape index (κ2) is 5.48. The van der Waals surface area contributed by atoms with Crippen LogP contribution in [0.4, 0.5) is 11.5 Å². The highest BCUT2D eigenvalue weighted by Crippen LogP contribution is 2.41. The molecular formula is C14H20N4O3. The van der Waals surface area contributed by atoms with E-state index >= 15 is 0 Å². The van der Waals surface area contributed by atoms with Crippen LogP contribution in [0.1, 0.15) is 19.3 Å². The third-order valence-electron chi connectivity index (χ3n) is 4.06. The number of hydrogen-bond acceptors (Lipinski definition) is 5. The summed E-state index contributed by atoms with van der Waals surface area (Å²) in [5.74, 6) is 0.635. The summed E-state index contributed by atoms with van der Waals surface area (Å²) in [6.07, 6.45) is 4.31. The molecule has 0 bridgehead atoms. The minimum absolute atomic E-state index is 0.00330. The van der Waals surface area contributed by atoms with Gasteiger partial charge in [0.15, 0.2) is 11.5 Å². The molecule has 3 rings (SSSR count). The maximum Gasteiger partial charge on any atom is 0.276 e. The van der Waals surface area contributed by atoms with Crippen molar-refractivity contribution in [1.82, 2.24) is 9.97 Å². The van der Waals surface area contributed by atoms with E-state index in [0.29, 0.717) is 24.8 Å². The molecule has 2 N–H and O–H groups in total. The molecular weight excluding hydrogens is 272 g/mol. The third kappa shape index (κ3) is 2.78. The van der Waals surface area contributed by atoms with Crippen molar-refractivity contribution in [2.24, 2.45) is 11.8 Å². The SMILES string of the molecule is CN(C)c1nc[nH]c(=O)c1NC(=O)[C@@H]1CCO[C@H]1C1CC1. The highest BCUT2D eigenvalue weighted by molar-refractivity contribution is 5.95. The molecule has 1 saturated heterocycles. The molecule has 2 aliphatic rings. The Hall–Kier alpha value is -1.89. The maximum absolute atomic E-state index is 12.5. The van der Waals surface area contributed by atoms with E-state index in [9.17, 15) is 9.59 Å². The molecule has 21 heavy (non-hydrogen) atoms. The molecule has 1 amide bonds. The summed E-state index contributed by atoms with van der Waals surface area (Å²) in [5.41, 5.74) is -0.141. The maximum atomic E-state index is 12.5. The number of rotatable bonds is 4. The fourth-order valence-electron chi connectivity index (χ4n) is 2.84. The summed E-state index contributed by atoms with van der Waals surface area (Å²) < 4.78 is 5.68. The highest BCUT2D eigenvalue weighted by atomic mass is 16.5. The second-order valence-electron chi connectivity index (χ2n) is 5.88. The Morgan fingerprint density at radius 1 is 1.43 bits per heavy atom. The molecule has 7 nitrogen and oxygen atoms in total. The molecule has 1 aromatic rings. The highest BCUT2D eigenvalue weighted by Gasteiger charge is 2.44. The lowest BCUT2D eigenvalue weighted by atomic mass is 9.97. The van der Waals surface area contributed by atoms with Crippen molar-refractivity contribution < 1.29 is 9.53 Å². The van der Waals surface area contributed by atoms with Gasteiger partial charge < -0.3 is 19.9 Å². The molecule has 0 aromatic carbocycles. The van der Waals surface area contributed by atoms with Crippen molar-refractivity contribution in [3.63, 3.8) is 0 Å². The number of carbonyl (C=O) groups is 1. The fourth-order valence-corrected chi connectivity index (χ4v) is 2.84. The zero-order chi connectivity index (χ0) is 15.0. The summed E-state index contributed by atoms with van der Waals surface area (Å²) >= 11 is 0. The van der Waals surface area contributed by atoms with Gasteiger partial charge in [-0.15, -0.1) is 0 Å². The smallest absolute Gasteiger partial charge is 0.276 e. The lowest BCUT2D eigenvalue weighted by Crippen LogP contribution is -2.33. The molecule has 2 atom stereocenters. The zero-order valence-electron chi connectivity index (χ0n) is 12.3. The monoisotopic (exact) mass is 292 g/mol. The number of anilines is 2. The number of aromatic nitrogens is 2. The van der Waals surface area contributed by atoms with Gasteiger partial charge in [-0.2, -0.15) is 0 Å². The minimum atomic E-state index is -0.344. The molecule has 2 fully saturated rings. The molecule has 0 radical (unpaired) electrons. The standard InChI is InChI=1S/C14H20N4O3/c1-18(2)12-10(14(20)16-7-15-12)17-13(19)9-5-6-21-11(9)8-3-4-8/h7-9,11H,3-6H2,1-2H3,(H,17,19)(H,15,16,20)/t9-,11+/m1/s1. The molecule has 2 heterocycles. The number of ether oxygens (including phenoxy) is 1. The zero-order valence-corrected chi connectivity index (χ0v) is 12.3. The van der Waals surface area contributed by atoms with Crippen LogP contribution in [-0.4, -0.2) is 42.7 Å². The largest absolute Gasteiger partial charge is 0.377 e. The van der Waals surface area contributed by atoms with Crippen LogP contribution in [0, 0.1) is 11.8 Å². The minimum Gasteiger partial charge on any atom is -0.377 e. The van der Waals surface area contributed by atoms with Gasteiger partial charge in [0.1, 0.15) is 0 Å². The topological polar surface area (TPSA) is 87.3 Å². The molecule has 114 valence electrons. The van der Waals surface area contributed by atoms with E-state index in [1.54, 1.807) is 19.0 Å². The Bertz CT molecular complexity index is 594. The van der Waals surface area contributed by atoms with Gasteiger partial charge >= 0.3 is 0 Å². The number of carbonyl (C=O) groups excluding carboxylic acids is 1. The molecule has 7 heteroatoms. The number of hydrogen-bond donors (Lipinski definition) is 2. The summed E-state index contributed by atoms with van der Waals surface area (Å²) in [6.45, 7) is 0.614. The van der Waals surface area contributed by atoms with Crippen molar-refractivity contribution >= 4 is 17.4 Å². The van der Waals surface area contributed by atoms with Gasteiger partial charge in [0.25, 0.3) is 5.56 Å². The molecule has 0 unspecified atom stereocenters. The predicted molar refractivity (Wildman–Crippen MR) is 78.4 cm³/mol. The van der Waals surface area contributed by atoms with Crippen LogP contribution in [0.5, 0.6) is 0 Å². The van der Waals surface area contributed by atoms with Crippen molar-refractivity contribution in [3.8, 4) is 0 Å². The molecule has 0 spiro atoms. The van der Waals surface area contributed by atoms with E-state index in [-0.39, 0.29) is 29.2 Å². The van der Waals surface area contributed by atoms with Crippen molar-refractivity contribution in [3.05, 3.63) is 16.7 Å². The van der Waals surface area contributed by atoms with Gasteiger partial charge in [-0.25, -0.2) is 4.98 Å². The van der Waals surface area contributed by atoms with Crippen LogP contribution in [0.15, 0.2) is 11.1 Å². The van der Waals surface area contributed by atoms with Crippen molar-refractivity contribution in [2.75, 3.05) is 30.9 Å². The summed E-state index contributed by atoms with van der Waals surface area (Å²) in [6, 6.07) is 0. The molecule has 1 saturated carbocycles. The van der Waals surface area contributed by atoms with E-state index in [1.165, 1.54) is 6.33 Å². The lowest BCUT2D eigenvalue weighted by Gasteiger charge is -2.19. The first-order valence-electron chi connectivity index (χ1n) is 7.25. The first-order valence-corrected chi connectivity index (χ1v) is 7.25. The van der Waals surface area contributed by atoms with Gasteiger partial charge in [0, 0.05) is 20.7 Å². The van der Waals surface area contributed by atoms with E-state index in [2.05, 4.69) is 15.3 Å². The number of aromatic amines is 1. The fraction of sp³-hybridized carbons (Fsp3) is 0.643. The van der Waals surface area contributed by atoms with Crippen LogP contribution in [0.3, 0.4) is 0 Å². The Morgan fingerprint density at radius 2 is 2.19 bits per heavy atom. The van der Waals surface area contributed by atoms with Gasteiger partial charge in [-0.3, -0.25) is 9.59 Å². The Morgan fingerprint density at radius 3 is 2.86 bits per heavy atom. The Balaban J connectivity index is 1.80. The van der Waals surface area contributed by atoms with Crippen LogP contribution in [0.2, 0.25) is 0 Å². The van der Waals surface area contributed by atoms with Crippen molar-refractivity contribution in [2.45, 2.75) is 25.4 Å². The number of nitrogens with one attached hydrogen (secondary N) is 2. The van der Waals surface area contributed by atoms with E-state index in [0.717, 1.165) is 12.8 Å². The average Bonchev–Trinajstić information content (AvgIpc) is 3.17. The summed E-state index contributed by atoms with van der Waals surface area (Å²) in [7, 11) is 3.56. The van der Waals surface area contributed by atoms with E-state index in [1.807, 2.05) is 0 Å². The normalized spacial score (nSPS) is 24.9. The predicted octanol–water partition coefficient (Wildman–Crippen LogP) is 0.589. The molecule has 1 aromatic heterocycles. The third-order valence-corrected chi connectivity index (χ3v) is 4.06. The van der Waals surface area contributed by atoms with Crippen LogP contribution in [0.25, 0.3) is 0 Å². The van der Waals surface area contributed by atoms with Crippen LogP contribution < -0.4 is 15.8 Å². The van der Waals surface area contributed by atoms with Gasteiger partial charge in [-0.05, 0) is 25.2 Å². The molecule has 1 aliphatic carbocycles. The quantitative estimate of drug-likeness (QED) is 0.848. The average molecular weight is 292 g/mol. The van der Waals surface area contributed by atoms with Crippen LogP contribution in [-0.2, 0) is 9.53 Å². The second-order valence-corrected chi connectivity index (χ2v) is 5.88. The first-order chi connectivity index (χ1) is 10.1. The number of amides is 1. The van der Waals surface area contributed by atoms with Crippen molar-refractivity contribution in [1.29, 1.82) is 0 Å². The Labute approximate surface area is 122 Å². The lowest BCUT2D eigenvalue weighted by molar-refractivity contribution is -0.121. The number of nitrogens with zero attached hydrogens (tertiary/aromatic N) is 2. The summed E-state index contributed by atoms with van der Waals surface area (Å²) in [4.78, 5) is 32.8.